The molecule has 0 aliphatic heterocycles. The van der Waals surface area contributed by atoms with Crippen LogP contribution in [-0.4, -0.2) is 14.5 Å². The van der Waals surface area contributed by atoms with Crippen LogP contribution in [0.15, 0.2) is 194 Å². The second-order valence-electron chi connectivity index (χ2n) is 21.1. The summed E-state index contributed by atoms with van der Waals surface area (Å²) < 4.78 is 2.65. The van der Waals surface area contributed by atoms with E-state index in [1.807, 2.05) is 0 Å². The maximum Gasteiger partial charge on any atom is 0.160 e. The van der Waals surface area contributed by atoms with Gasteiger partial charge in [-0.2, -0.15) is 0 Å². The molecule has 3 nitrogen and oxygen atoms in total. The Hall–Kier alpha value is -7.36. The molecule has 3 heteroatoms. The Bertz CT molecular complexity index is 3280. The summed E-state index contributed by atoms with van der Waals surface area (Å²) >= 11 is 0. The Morgan fingerprint density at radius 1 is 0.328 bits per heavy atom. The highest BCUT2D eigenvalue weighted by molar-refractivity contribution is 6.16. The Balaban J connectivity index is 1.43. The van der Waals surface area contributed by atoms with E-state index >= 15 is 0 Å². The normalized spacial score (nSPS) is 12.3. The van der Waals surface area contributed by atoms with Gasteiger partial charge in [-0.05, 0) is 86.0 Å². The molecule has 10 aromatic rings. The van der Waals surface area contributed by atoms with Crippen molar-refractivity contribution in [3.05, 3.63) is 211 Å². The van der Waals surface area contributed by atoms with Crippen molar-refractivity contribution in [2.24, 2.45) is 0 Å². The monoisotopic (exact) mass is 869 g/mol. The van der Waals surface area contributed by atoms with Crippen LogP contribution in [-0.2, 0) is 16.2 Å². The van der Waals surface area contributed by atoms with Gasteiger partial charge in [0.2, 0.25) is 0 Å². The number of fused-ring (bicyclic) bond motifs is 3. The number of nitrogens with zero attached hydrogens (tertiary/aromatic N) is 3. The van der Waals surface area contributed by atoms with Gasteiger partial charge in [-0.25, -0.2) is 9.97 Å². The van der Waals surface area contributed by atoms with Crippen molar-refractivity contribution >= 4 is 21.8 Å². The molecule has 67 heavy (non-hydrogen) atoms. The molecular weight excluding hydrogens is 811 g/mol. The zero-order valence-electron chi connectivity index (χ0n) is 40.3. The van der Waals surface area contributed by atoms with Gasteiger partial charge >= 0.3 is 0 Å². The van der Waals surface area contributed by atoms with E-state index in [2.05, 4.69) is 261 Å². The summed E-state index contributed by atoms with van der Waals surface area (Å²) in [6.07, 6.45) is 0. The smallest absolute Gasteiger partial charge is 0.160 e. The minimum absolute atomic E-state index is 0.0779. The Morgan fingerprint density at radius 2 is 0.701 bits per heavy atom. The third-order valence-electron chi connectivity index (χ3n) is 13.2. The lowest BCUT2D eigenvalue weighted by atomic mass is 9.79. The SMILES string of the molecule is CC(C)(C)c1cc(-c2ccccc2)c2c(c1)c1cc(C(C)(C)C)cc(C(C)(C)C)c1n2-c1c(-c2ccccc2)cc(-c2nc(-c3ccccc3)cc(-c3ccccc3)n2)cc1-c1ccccc1. The summed E-state index contributed by atoms with van der Waals surface area (Å²) in [5, 5.41) is 2.52. The molecule has 2 heterocycles. The van der Waals surface area contributed by atoms with Crippen molar-refractivity contribution in [3.8, 4) is 73.0 Å². The van der Waals surface area contributed by atoms with Gasteiger partial charge in [0, 0.05) is 44.2 Å². The number of rotatable bonds is 7. The average Bonchev–Trinajstić information content (AvgIpc) is 3.67. The van der Waals surface area contributed by atoms with Gasteiger partial charge in [0.25, 0.3) is 0 Å². The van der Waals surface area contributed by atoms with Crippen LogP contribution in [0.1, 0.15) is 79.0 Å². The molecule has 0 aliphatic carbocycles. The third-order valence-corrected chi connectivity index (χ3v) is 13.2. The van der Waals surface area contributed by atoms with E-state index in [1.165, 1.54) is 49.6 Å². The van der Waals surface area contributed by atoms with Crippen LogP contribution in [0.4, 0.5) is 0 Å². The fourth-order valence-electron chi connectivity index (χ4n) is 9.54. The number of aromatic nitrogens is 3. The van der Waals surface area contributed by atoms with Crippen LogP contribution in [0, 0.1) is 0 Å². The van der Waals surface area contributed by atoms with E-state index in [-0.39, 0.29) is 16.2 Å². The van der Waals surface area contributed by atoms with E-state index < -0.39 is 0 Å². The van der Waals surface area contributed by atoms with Crippen LogP contribution in [0.5, 0.6) is 0 Å². The molecule has 0 N–H and O–H groups in total. The maximum atomic E-state index is 5.41. The van der Waals surface area contributed by atoms with E-state index in [0.29, 0.717) is 5.82 Å². The predicted molar refractivity (Wildman–Crippen MR) is 285 cm³/mol. The molecule has 10 rings (SSSR count). The highest BCUT2D eigenvalue weighted by Gasteiger charge is 2.31. The number of hydrogen-bond acceptors (Lipinski definition) is 2. The molecule has 2 aromatic heterocycles. The zero-order chi connectivity index (χ0) is 46.7. The Labute approximate surface area is 396 Å². The van der Waals surface area contributed by atoms with Crippen LogP contribution in [0.3, 0.4) is 0 Å². The minimum atomic E-state index is -0.204. The summed E-state index contributed by atoms with van der Waals surface area (Å²) in [5.41, 5.74) is 18.8. The first kappa shape index (κ1) is 43.5. The second-order valence-corrected chi connectivity index (χ2v) is 21.1. The molecule has 330 valence electrons. The van der Waals surface area contributed by atoms with E-state index in [0.717, 1.165) is 56.0 Å². The van der Waals surface area contributed by atoms with Crippen molar-refractivity contribution in [2.75, 3.05) is 0 Å². The van der Waals surface area contributed by atoms with Gasteiger partial charge in [-0.15, -0.1) is 0 Å². The average molecular weight is 870 g/mol. The van der Waals surface area contributed by atoms with Crippen molar-refractivity contribution in [1.29, 1.82) is 0 Å². The van der Waals surface area contributed by atoms with E-state index in [4.69, 9.17) is 9.97 Å². The molecule has 0 saturated heterocycles. The van der Waals surface area contributed by atoms with E-state index in [1.54, 1.807) is 0 Å². The molecule has 0 fully saturated rings. The summed E-state index contributed by atoms with van der Waals surface area (Å²) in [6, 6.07) is 70.5. The van der Waals surface area contributed by atoms with Gasteiger partial charge in [-0.3, -0.25) is 0 Å². The summed E-state index contributed by atoms with van der Waals surface area (Å²) in [5.74, 6) is 0.674. The molecular formula is C64H59N3. The summed E-state index contributed by atoms with van der Waals surface area (Å²) in [6.45, 7) is 21.1. The summed E-state index contributed by atoms with van der Waals surface area (Å²) in [7, 11) is 0. The third kappa shape index (κ3) is 8.29. The highest BCUT2D eigenvalue weighted by atomic mass is 15.0. The lowest BCUT2D eigenvalue weighted by Crippen LogP contribution is -2.18. The Kier molecular flexibility index (Phi) is 10.9. The zero-order valence-corrected chi connectivity index (χ0v) is 40.3. The topological polar surface area (TPSA) is 30.7 Å². The lowest BCUT2D eigenvalue weighted by Gasteiger charge is -2.28. The van der Waals surface area contributed by atoms with E-state index in [9.17, 15) is 0 Å². The van der Waals surface area contributed by atoms with Crippen LogP contribution < -0.4 is 0 Å². The number of hydrogen-bond donors (Lipinski definition) is 0. The molecule has 0 saturated carbocycles. The maximum absolute atomic E-state index is 5.41. The van der Waals surface area contributed by atoms with Crippen molar-refractivity contribution < 1.29 is 0 Å². The van der Waals surface area contributed by atoms with Gasteiger partial charge < -0.3 is 4.57 Å². The van der Waals surface area contributed by atoms with Crippen molar-refractivity contribution in [1.82, 2.24) is 14.5 Å². The first-order valence-electron chi connectivity index (χ1n) is 23.7. The van der Waals surface area contributed by atoms with Crippen LogP contribution in [0.2, 0.25) is 0 Å². The standard InChI is InChI=1S/C64H59N3/c1-62(2,3)48-37-52(44-29-19-12-20-30-44)59-53(38-48)54-39-49(63(4,5)6)40-55(64(7,8)9)60(54)67(59)58-50(42-25-15-10-16-26-42)35-47(36-51(58)43-27-17-11-18-28-43)61-65-56(45-31-21-13-22-32-45)41-57(66-61)46-33-23-14-24-34-46/h10-41H,1-9H3. The largest absolute Gasteiger partial charge is 0.307 e. The fourth-order valence-corrected chi connectivity index (χ4v) is 9.54. The quantitative estimate of drug-likeness (QED) is 0.160. The van der Waals surface area contributed by atoms with Gasteiger partial charge in [-0.1, -0.05) is 220 Å². The van der Waals surface area contributed by atoms with Gasteiger partial charge in [0.15, 0.2) is 5.82 Å². The second kappa shape index (κ2) is 16.8. The highest BCUT2D eigenvalue weighted by Crippen LogP contribution is 2.50. The van der Waals surface area contributed by atoms with Crippen molar-refractivity contribution in [3.63, 3.8) is 0 Å². The summed E-state index contributed by atoms with van der Waals surface area (Å²) in [4.78, 5) is 10.8. The van der Waals surface area contributed by atoms with Gasteiger partial charge in [0.1, 0.15) is 0 Å². The molecule has 0 radical (unpaired) electrons. The van der Waals surface area contributed by atoms with Gasteiger partial charge in [0.05, 0.1) is 28.1 Å². The first-order chi connectivity index (χ1) is 32.1. The molecule has 0 unspecified atom stereocenters. The molecule has 0 spiro atoms. The van der Waals surface area contributed by atoms with Crippen LogP contribution in [0.25, 0.3) is 94.8 Å². The molecule has 0 atom stereocenters. The van der Waals surface area contributed by atoms with Crippen LogP contribution >= 0.6 is 0 Å². The molecule has 0 bridgehead atoms. The molecule has 8 aromatic carbocycles. The minimum Gasteiger partial charge on any atom is -0.307 e. The van der Waals surface area contributed by atoms with Crippen molar-refractivity contribution in [2.45, 2.75) is 78.6 Å². The first-order valence-corrected chi connectivity index (χ1v) is 23.7. The molecule has 0 aliphatic rings. The number of benzene rings is 8. The lowest BCUT2D eigenvalue weighted by molar-refractivity contribution is 0.572. The molecule has 0 amide bonds. The fraction of sp³-hybridized carbons (Fsp3) is 0.188. The predicted octanol–water partition coefficient (Wildman–Crippen LogP) is 17.5. The Morgan fingerprint density at radius 3 is 1.10 bits per heavy atom.